The molecule has 0 heterocycles. The lowest BCUT2D eigenvalue weighted by atomic mass is 9.73. The lowest BCUT2D eigenvalue weighted by Crippen LogP contribution is -2.38. The highest BCUT2D eigenvalue weighted by Gasteiger charge is 2.36. The number of carbonyl (C=O) groups excluding carboxylic acids is 1. The van der Waals surface area contributed by atoms with E-state index < -0.39 is 5.41 Å². The minimum atomic E-state index is -0.581. The predicted octanol–water partition coefficient (Wildman–Crippen LogP) is 2.69. The summed E-state index contributed by atoms with van der Waals surface area (Å²) >= 11 is 0. The average Bonchev–Trinajstić information content (AvgIpc) is 2.52. The van der Waals surface area contributed by atoms with Gasteiger partial charge in [-0.3, -0.25) is 4.79 Å². The number of hydrogen-bond acceptors (Lipinski definition) is 4. The van der Waals surface area contributed by atoms with E-state index in [-0.39, 0.29) is 19.2 Å². The Kier molecular flexibility index (Phi) is 5.02. The minimum absolute atomic E-state index is 0.0725. The monoisotopic (exact) mass is 290 g/mol. The van der Waals surface area contributed by atoms with E-state index in [4.69, 9.17) is 9.47 Å². The number of aliphatic hydroxyl groups excluding tert-OH is 1. The number of allylic oxidation sites excluding steroid dienone is 1. The van der Waals surface area contributed by atoms with E-state index in [1.54, 1.807) is 7.11 Å². The molecule has 21 heavy (non-hydrogen) atoms. The molecule has 1 N–H and O–H groups in total. The SMILES string of the molecule is CCCC(=O)OC[C@]1(CO)CC=Cc2ccc(OC)cc21. The molecule has 0 fully saturated rings. The molecule has 114 valence electrons. The molecule has 0 saturated carbocycles. The standard InChI is InChI=1S/C17H22O4/c1-3-5-16(19)21-12-17(11-18)9-4-6-13-7-8-14(20-2)10-15(13)17/h4,6-8,10,18H,3,5,9,11-12H2,1-2H3/t17-/m1/s1. The molecule has 1 aliphatic rings. The quantitative estimate of drug-likeness (QED) is 0.818. The fraction of sp³-hybridized carbons (Fsp3) is 0.471. The molecule has 1 atom stereocenters. The second kappa shape index (κ2) is 6.76. The Morgan fingerprint density at radius 1 is 1.43 bits per heavy atom. The van der Waals surface area contributed by atoms with Crippen LogP contribution >= 0.6 is 0 Å². The number of aliphatic hydroxyl groups is 1. The number of benzene rings is 1. The number of carbonyl (C=O) groups is 1. The summed E-state index contributed by atoms with van der Waals surface area (Å²) in [6.07, 6.45) is 5.84. The molecule has 0 bridgehead atoms. The molecule has 1 aromatic rings. The van der Waals surface area contributed by atoms with Gasteiger partial charge in [-0.2, -0.15) is 0 Å². The molecule has 0 amide bonds. The van der Waals surface area contributed by atoms with Crippen LogP contribution in [-0.2, 0) is 14.9 Å². The highest BCUT2D eigenvalue weighted by molar-refractivity contribution is 5.69. The molecule has 2 rings (SSSR count). The maximum atomic E-state index is 11.6. The number of methoxy groups -OCH3 is 1. The van der Waals surface area contributed by atoms with Crippen LogP contribution in [-0.4, -0.2) is 31.4 Å². The number of fused-ring (bicyclic) bond motifs is 1. The molecule has 0 unspecified atom stereocenters. The van der Waals surface area contributed by atoms with Crippen LogP contribution in [0.1, 0.15) is 37.3 Å². The first kappa shape index (κ1) is 15.6. The molecule has 1 aromatic carbocycles. The normalized spacial score (nSPS) is 20.0. The predicted molar refractivity (Wildman–Crippen MR) is 81.3 cm³/mol. The van der Waals surface area contributed by atoms with E-state index in [1.165, 1.54) is 0 Å². The van der Waals surface area contributed by atoms with Crippen molar-refractivity contribution in [3.63, 3.8) is 0 Å². The van der Waals surface area contributed by atoms with Gasteiger partial charge in [0.15, 0.2) is 0 Å². The van der Waals surface area contributed by atoms with E-state index >= 15 is 0 Å². The summed E-state index contributed by atoms with van der Waals surface area (Å²) in [6, 6.07) is 5.77. The molecule has 4 heteroatoms. The zero-order chi connectivity index (χ0) is 15.3. The highest BCUT2D eigenvalue weighted by Crippen LogP contribution is 2.38. The molecule has 1 aliphatic carbocycles. The first-order valence-corrected chi connectivity index (χ1v) is 7.27. The van der Waals surface area contributed by atoms with Gasteiger partial charge in [-0.05, 0) is 36.1 Å². The third-order valence-corrected chi connectivity index (χ3v) is 3.90. The van der Waals surface area contributed by atoms with Gasteiger partial charge in [-0.15, -0.1) is 0 Å². The smallest absolute Gasteiger partial charge is 0.305 e. The van der Waals surface area contributed by atoms with E-state index in [9.17, 15) is 9.90 Å². The van der Waals surface area contributed by atoms with Crippen LogP contribution < -0.4 is 4.74 Å². The van der Waals surface area contributed by atoms with Gasteiger partial charge in [0, 0.05) is 6.42 Å². The number of rotatable bonds is 6. The summed E-state index contributed by atoms with van der Waals surface area (Å²) in [5, 5.41) is 9.93. The zero-order valence-corrected chi connectivity index (χ0v) is 12.6. The molecule has 0 aliphatic heterocycles. The Bertz CT molecular complexity index is 536. The fourth-order valence-electron chi connectivity index (χ4n) is 2.62. The first-order valence-electron chi connectivity index (χ1n) is 7.27. The summed E-state index contributed by atoms with van der Waals surface area (Å²) in [4.78, 5) is 11.6. The van der Waals surface area contributed by atoms with Gasteiger partial charge in [0.05, 0.1) is 19.1 Å². The molecular formula is C17H22O4. The van der Waals surface area contributed by atoms with Crippen molar-refractivity contribution in [3.8, 4) is 5.75 Å². The Morgan fingerprint density at radius 2 is 2.24 bits per heavy atom. The van der Waals surface area contributed by atoms with Crippen LogP contribution in [0, 0.1) is 0 Å². The van der Waals surface area contributed by atoms with Crippen LogP contribution in [0.15, 0.2) is 24.3 Å². The number of esters is 1. The van der Waals surface area contributed by atoms with Crippen LogP contribution in [0.5, 0.6) is 5.75 Å². The van der Waals surface area contributed by atoms with Crippen LogP contribution in [0.25, 0.3) is 6.08 Å². The molecule has 4 nitrogen and oxygen atoms in total. The Labute approximate surface area is 125 Å². The largest absolute Gasteiger partial charge is 0.497 e. The van der Waals surface area contributed by atoms with Crippen LogP contribution in [0.4, 0.5) is 0 Å². The van der Waals surface area contributed by atoms with E-state index in [1.807, 2.05) is 37.3 Å². The van der Waals surface area contributed by atoms with Gasteiger partial charge >= 0.3 is 5.97 Å². The van der Waals surface area contributed by atoms with Crippen molar-refractivity contribution in [2.75, 3.05) is 20.3 Å². The summed E-state index contributed by atoms with van der Waals surface area (Å²) in [5.74, 6) is 0.520. The second-order valence-electron chi connectivity index (χ2n) is 5.41. The summed E-state index contributed by atoms with van der Waals surface area (Å²) in [7, 11) is 1.61. The molecular weight excluding hydrogens is 268 g/mol. The maximum Gasteiger partial charge on any atom is 0.305 e. The zero-order valence-electron chi connectivity index (χ0n) is 12.6. The number of hydrogen-bond donors (Lipinski definition) is 1. The number of ether oxygens (including phenoxy) is 2. The maximum absolute atomic E-state index is 11.6. The average molecular weight is 290 g/mol. The van der Waals surface area contributed by atoms with Crippen molar-refractivity contribution in [2.24, 2.45) is 0 Å². The van der Waals surface area contributed by atoms with Gasteiger partial charge in [0.25, 0.3) is 0 Å². The van der Waals surface area contributed by atoms with Crippen molar-refractivity contribution in [1.29, 1.82) is 0 Å². The topological polar surface area (TPSA) is 55.8 Å². The molecule has 0 saturated heterocycles. The van der Waals surface area contributed by atoms with Crippen LogP contribution in [0.3, 0.4) is 0 Å². The lowest BCUT2D eigenvalue weighted by molar-refractivity contribution is -0.146. The summed E-state index contributed by atoms with van der Waals surface area (Å²) < 4.78 is 10.6. The van der Waals surface area contributed by atoms with Gasteiger partial charge in [0.2, 0.25) is 0 Å². The van der Waals surface area contributed by atoms with Crippen LogP contribution in [0.2, 0.25) is 0 Å². The third kappa shape index (κ3) is 3.27. The summed E-state index contributed by atoms with van der Waals surface area (Å²) in [6.45, 7) is 2.05. The molecule has 0 spiro atoms. The van der Waals surface area contributed by atoms with Crippen molar-refractivity contribution >= 4 is 12.0 Å². The van der Waals surface area contributed by atoms with Crippen molar-refractivity contribution in [3.05, 3.63) is 35.4 Å². The van der Waals surface area contributed by atoms with Crippen molar-refractivity contribution in [1.82, 2.24) is 0 Å². The van der Waals surface area contributed by atoms with Gasteiger partial charge < -0.3 is 14.6 Å². The Morgan fingerprint density at radius 3 is 2.90 bits per heavy atom. The molecule has 0 radical (unpaired) electrons. The van der Waals surface area contributed by atoms with Gasteiger partial charge in [-0.1, -0.05) is 25.1 Å². The Hall–Kier alpha value is -1.81. The minimum Gasteiger partial charge on any atom is -0.497 e. The lowest BCUT2D eigenvalue weighted by Gasteiger charge is -2.34. The second-order valence-corrected chi connectivity index (χ2v) is 5.41. The van der Waals surface area contributed by atoms with Gasteiger partial charge in [-0.25, -0.2) is 0 Å². The first-order chi connectivity index (χ1) is 10.1. The van der Waals surface area contributed by atoms with E-state index in [2.05, 4.69) is 0 Å². The summed E-state index contributed by atoms with van der Waals surface area (Å²) in [5.41, 5.74) is 1.42. The van der Waals surface area contributed by atoms with Crippen molar-refractivity contribution < 1.29 is 19.4 Å². The highest BCUT2D eigenvalue weighted by atomic mass is 16.5. The third-order valence-electron chi connectivity index (χ3n) is 3.90. The van der Waals surface area contributed by atoms with E-state index in [0.717, 1.165) is 23.3 Å². The van der Waals surface area contributed by atoms with Gasteiger partial charge in [0.1, 0.15) is 12.4 Å². The fourth-order valence-corrected chi connectivity index (χ4v) is 2.62. The van der Waals surface area contributed by atoms with Crippen molar-refractivity contribution in [2.45, 2.75) is 31.6 Å². The molecule has 0 aromatic heterocycles. The Balaban J connectivity index is 2.28. The van der Waals surface area contributed by atoms with E-state index in [0.29, 0.717) is 12.8 Å².